The van der Waals surface area contributed by atoms with Crippen LogP contribution in [0.3, 0.4) is 0 Å². The van der Waals surface area contributed by atoms with Crippen LogP contribution < -0.4 is 5.32 Å². The van der Waals surface area contributed by atoms with Crippen LogP contribution in [-0.2, 0) is 0 Å². The fourth-order valence-electron chi connectivity index (χ4n) is 2.07. The number of rotatable bonds is 3. The molecule has 1 aliphatic rings. The second-order valence-corrected chi connectivity index (χ2v) is 6.47. The van der Waals surface area contributed by atoms with Gasteiger partial charge < -0.3 is 5.32 Å². The Morgan fingerprint density at radius 2 is 1.88 bits per heavy atom. The minimum atomic E-state index is 0.459. The summed E-state index contributed by atoms with van der Waals surface area (Å²) < 4.78 is 1.15. The Morgan fingerprint density at radius 1 is 1.25 bits per heavy atom. The molecule has 1 heterocycles. The molecule has 0 radical (unpaired) electrons. The maximum absolute atomic E-state index is 3.73. The summed E-state index contributed by atoms with van der Waals surface area (Å²) >= 11 is 5.55. The molecule has 2 rings (SSSR count). The predicted molar refractivity (Wildman–Crippen MR) is 76.0 cm³/mol. The van der Waals surface area contributed by atoms with E-state index in [9.17, 15) is 0 Å². The summed E-state index contributed by atoms with van der Waals surface area (Å²) in [5.41, 5.74) is 1.38. The van der Waals surface area contributed by atoms with Gasteiger partial charge in [0.25, 0.3) is 0 Å². The lowest BCUT2D eigenvalue weighted by molar-refractivity contribution is 0.431. The Balaban J connectivity index is 1.91. The lowest BCUT2D eigenvalue weighted by atomic mass is 10.1. The van der Waals surface area contributed by atoms with E-state index < -0.39 is 0 Å². The molecule has 1 unspecified atom stereocenters. The third-order valence-corrected chi connectivity index (χ3v) is 4.65. The van der Waals surface area contributed by atoms with E-state index in [4.69, 9.17) is 0 Å². The van der Waals surface area contributed by atoms with Crippen LogP contribution in [-0.4, -0.2) is 17.5 Å². The first-order valence-electron chi connectivity index (χ1n) is 5.85. The first-order valence-corrected chi connectivity index (χ1v) is 7.80. The summed E-state index contributed by atoms with van der Waals surface area (Å²) in [4.78, 5) is 0. The first-order chi connectivity index (χ1) is 7.75. The molecule has 16 heavy (non-hydrogen) atoms. The van der Waals surface area contributed by atoms with E-state index in [-0.39, 0.29) is 0 Å². The quantitative estimate of drug-likeness (QED) is 0.905. The van der Waals surface area contributed by atoms with Gasteiger partial charge in [0.05, 0.1) is 0 Å². The average molecular weight is 300 g/mol. The van der Waals surface area contributed by atoms with Gasteiger partial charge in [0.2, 0.25) is 0 Å². The summed E-state index contributed by atoms with van der Waals surface area (Å²) in [6, 6.07) is 9.79. The fraction of sp³-hybridized carbons (Fsp3) is 0.538. The van der Waals surface area contributed by atoms with Gasteiger partial charge in [-0.15, -0.1) is 0 Å². The largest absolute Gasteiger partial charge is 0.307 e. The molecule has 1 atom stereocenters. The molecule has 1 nitrogen and oxygen atoms in total. The summed E-state index contributed by atoms with van der Waals surface area (Å²) in [6.07, 6.45) is 2.62. The molecule has 1 aromatic carbocycles. The SMILES string of the molecule is CC(NC1CCSCC1)c1ccc(Br)cc1. The lowest BCUT2D eigenvalue weighted by Gasteiger charge is -2.26. The first kappa shape index (κ1) is 12.5. The highest BCUT2D eigenvalue weighted by atomic mass is 79.9. The summed E-state index contributed by atoms with van der Waals surface area (Å²) in [6.45, 7) is 2.25. The van der Waals surface area contributed by atoms with Gasteiger partial charge in [-0.2, -0.15) is 11.8 Å². The highest BCUT2D eigenvalue weighted by Gasteiger charge is 2.16. The maximum Gasteiger partial charge on any atom is 0.0294 e. The van der Waals surface area contributed by atoms with E-state index in [2.05, 4.69) is 64.2 Å². The van der Waals surface area contributed by atoms with Gasteiger partial charge in [0.1, 0.15) is 0 Å². The van der Waals surface area contributed by atoms with Gasteiger partial charge in [-0.25, -0.2) is 0 Å². The molecule has 1 aliphatic heterocycles. The lowest BCUT2D eigenvalue weighted by Crippen LogP contribution is -2.34. The zero-order valence-corrected chi connectivity index (χ0v) is 12.0. The van der Waals surface area contributed by atoms with Crippen molar-refractivity contribution in [3.63, 3.8) is 0 Å². The van der Waals surface area contributed by atoms with E-state index in [1.54, 1.807) is 0 Å². The van der Waals surface area contributed by atoms with Crippen LogP contribution in [0, 0.1) is 0 Å². The molecule has 0 aliphatic carbocycles. The van der Waals surface area contributed by atoms with Gasteiger partial charge >= 0.3 is 0 Å². The molecule has 1 fully saturated rings. The fourth-order valence-corrected chi connectivity index (χ4v) is 3.44. The predicted octanol–water partition coefficient (Wildman–Crippen LogP) is 4.00. The van der Waals surface area contributed by atoms with Gasteiger partial charge in [0, 0.05) is 16.6 Å². The van der Waals surface area contributed by atoms with Crippen LogP contribution in [0.2, 0.25) is 0 Å². The van der Waals surface area contributed by atoms with Crippen molar-refractivity contribution in [2.45, 2.75) is 31.8 Å². The highest BCUT2D eigenvalue weighted by molar-refractivity contribution is 9.10. The van der Waals surface area contributed by atoms with Crippen molar-refractivity contribution in [2.75, 3.05) is 11.5 Å². The van der Waals surface area contributed by atoms with Gasteiger partial charge in [-0.3, -0.25) is 0 Å². The molecule has 1 N–H and O–H groups in total. The molecule has 0 amide bonds. The van der Waals surface area contributed by atoms with Crippen LogP contribution in [0.4, 0.5) is 0 Å². The normalized spacial score (nSPS) is 19.6. The van der Waals surface area contributed by atoms with Crippen LogP contribution in [0.25, 0.3) is 0 Å². The Hall–Kier alpha value is 0.01000. The second-order valence-electron chi connectivity index (χ2n) is 4.33. The van der Waals surface area contributed by atoms with Crippen molar-refractivity contribution in [1.82, 2.24) is 5.32 Å². The molecule has 0 spiro atoms. The molecule has 0 bridgehead atoms. The molecule has 0 aromatic heterocycles. The van der Waals surface area contributed by atoms with Gasteiger partial charge in [0.15, 0.2) is 0 Å². The molecule has 0 saturated carbocycles. The second kappa shape index (κ2) is 6.08. The van der Waals surface area contributed by atoms with E-state index in [1.165, 1.54) is 29.9 Å². The zero-order chi connectivity index (χ0) is 11.4. The van der Waals surface area contributed by atoms with E-state index in [0.29, 0.717) is 12.1 Å². The number of benzene rings is 1. The van der Waals surface area contributed by atoms with Crippen LogP contribution >= 0.6 is 27.7 Å². The molecular formula is C13H18BrNS. The van der Waals surface area contributed by atoms with E-state index in [1.807, 2.05) is 0 Å². The van der Waals surface area contributed by atoms with Crippen molar-refractivity contribution in [3.05, 3.63) is 34.3 Å². The molecule has 88 valence electrons. The van der Waals surface area contributed by atoms with Crippen molar-refractivity contribution >= 4 is 27.7 Å². The van der Waals surface area contributed by atoms with Crippen LogP contribution in [0.15, 0.2) is 28.7 Å². The monoisotopic (exact) mass is 299 g/mol. The summed E-state index contributed by atoms with van der Waals surface area (Å²) in [5, 5.41) is 3.73. The summed E-state index contributed by atoms with van der Waals surface area (Å²) in [7, 11) is 0. The zero-order valence-electron chi connectivity index (χ0n) is 9.58. The Morgan fingerprint density at radius 3 is 2.50 bits per heavy atom. The van der Waals surface area contributed by atoms with Gasteiger partial charge in [-0.05, 0) is 49.0 Å². The third-order valence-electron chi connectivity index (χ3n) is 3.08. The van der Waals surface area contributed by atoms with E-state index >= 15 is 0 Å². The van der Waals surface area contributed by atoms with E-state index in [0.717, 1.165) is 4.47 Å². The number of nitrogens with one attached hydrogen (secondary N) is 1. The third kappa shape index (κ3) is 3.51. The molecular weight excluding hydrogens is 282 g/mol. The van der Waals surface area contributed by atoms with Crippen molar-refractivity contribution in [2.24, 2.45) is 0 Å². The Labute approximate surface area is 111 Å². The summed E-state index contributed by atoms with van der Waals surface area (Å²) in [5.74, 6) is 2.62. The molecule has 3 heteroatoms. The minimum absolute atomic E-state index is 0.459. The maximum atomic E-state index is 3.73. The van der Waals surface area contributed by atoms with Crippen molar-refractivity contribution in [1.29, 1.82) is 0 Å². The van der Waals surface area contributed by atoms with Crippen molar-refractivity contribution < 1.29 is 0 Å². The standard InChI is InChI=1S/C13H18BrNS/c1-10(11-2-4-12(14)5-3-11)15-13-6-8-16-9-7-13/h2-5,10,13,15H,6-9H2,1H3. The number of halogens is 1. The van der Waals surface area contributed by atoms with Crippen LogP contribution in [0.5, 0.6) is 0 Å². The number of thioether (sulfide) groups is 1. The Bertz CT molecular complexity index is 319. The molecule has 1 aromatic rings. The average Bonchev–Trinajstić information content (AvgIpc) is 2.31. The van der Waals surface area contributed by atoms with Crippen molar-refractivity contribution in [3.8, 4) is 0 Å². The molecule has 1 saturated heterocycles. The smallest absolute Gasteiger partial charge is 0.0294 e. The topological polar surface area (TPSA) is 12.0 Å². The Kier molecular flexibility index (Phi) is 4.74. The van der Waals surface area contributed by atoms with Crippen LogP contribution in [0.1, 0.15) is 31.4 Å². The minimum Gasteiger partial charge on any atom is -0.307 e. The number of hydrogen-bond acceptors (Lipinski definition) is 2. The highest BCUT2D eigenvalue weighted by Crippen LogP contribution is 2.21. The number of hydrogen-bond donors (Lipinski definition) is 1. The van der Waals surface area contributed by atoms with Gasteiger partial charge in [-0.1, -0.05) is 28.1 Å².